The lowest BCUT2D eigenvalue weighted by molar-refractivity contribution is -0.161. The number of ether oxygens (including phenoxy) is 4. The fourth-order valence-electron chi connectivity index (χ4n) is 12.3. The largest absolute Gasteiger partial charge is 0.472 e. The van der Waals surface area contributed by atoms with Crippen LogP contribution in [0.3, 0.4) is 0 Å². The van der Waals surface area contributed by atoms with E-state index in [4.69, 9.17) is 37.0 Å². The number of carbonyl (C=O) groups excluding carboxylic acids is 4. The molecule has 0 bridgehead atoms. The Bertz CT molecular complexity index is 1920. The van der Waals surface area contributed by atoms with Crippen molar-refractivity contribution in [1.82, 2.24) is 0 Å². The van der Waals surface area contributed by atoms with Crippen LogP contribution in [0.1, 0.15) is 414 Å². The van der Waals surface area contributed by atoms with E-state index in [0.717, 1.165) is 108 Å². The number of aliphatic hydroxyl groups is 1. The minimum atomic E-state index is -4.96. The number of esters is 4. The van der Waals surface area contributed by atoms with E-state index in [1.165, 1.54) is 218 Å². The maximum Gasteiger partial charge on any atom is 0.472 e. The summed E-state index contributed by atoms with van der Waals surface area (Å²) in [5, 5.41) is 10.6. The summed E-state index contributed by atoms with van der Waals surface area (Å²) in [6.45, 7) is 11.9. The Labute approximate surface area is 607 Å². The molecule has 0 amide bonds. The van der Waals surface area contributed by atoms with E-state index in [9.17, 15) is 43.2 Å². The van der Waals surface area contributed by atoms with E-state index in [1.807, 2.05) is 0 Å². The zero-order valence-corrected chi connectivity index (χ0v) is 66.8. The Morgan fingerprint density at radius 3 is 0.687 bits per heavy atom. The number of hydrogen-bond acceptors (Lipinski definition) is 15. The molecule has 0 saturated carbocycles. The van der Waals surface area contributed by atoms with Crippen molar-refractivity contribution < 1.29 is 80.2 Å². The fraction of sp³-hybridized carbons (Fsp3) is 0.950. The molecule has 0 saturated heterocycles. The molecule has 19 heteroatoms. The van der Waals surface area contributed by atoms with Crippen LogP contribution in [0.2, 0.25) is 0 Å². The van der Waals surface area contributed by atoms with Crippen LogP contribution in [-0.2, 0) is 65.4 Å². The van der Waals surface area contributed by atoms with Gasteiger partial charge in [0.15, 0.2) is 12.2 Å². The highest BCUT2D eigenvalue weighted by Crippen LogP contribution is 2.45. The lowest BCUT2D eigenvalue weighted by atomic mass is 10.0. The van der Waals surface area contributed by atoms with Gasteiger partial charge in [-0.15, -0.1) is 0 Å². The van der Waals surface area contributed by atoms with Crippen LogP contribution in [0, 0.1) is 17.8 Å². The van der Waals surface area contributed by atoms with E-state index in [-0.39, 0.29) is 25.7 Å². The Morgan fingerprint density at radius 1 is 0.273 bits per heavy atom. The van der Waals surface area contributed by atoms with Gasteiger partial charge in [0.25, 0.3) is 0 Å². The average molecular weight is 1450 g/mol. The summed E-state index contributed by atoms with van der Waals surface area (Å²) in [5.41, 5.74) is 0. The van der Waals surface area contributed by atoms with Crippen molar-refractivity contribution in [2.45, 2.75) is 433 Å². The molecule has 0 radical (unpaired) electrons. The van der Waals surface area contributed by atoms with E-state index in [1.54, 1.807) is 0 Å². The molecule has 99 heavy (non-hydrogen) atoms. The van der Waals surface area contributed by atoms with E-state index < -0.39 is 97.5 Å². The Morgan fingerprint density at radius 2 is 0.465 bits per heavy atom. The summed E-state index contributed by atoms with van der Waals surface area (Å²) < 4.78 is 68.6. The summed E-state index contributed by atoms with van der Waals surface area (Å²) in [5.74, 6) is 0.115. The third-order valence-electron chi connectivity index (χ3n) is 18.6. The van der Waals surface area contributed by atoms with Crippen LogP contribution in [0.5, 0.6) is 0 Å². The maximum absolute atomic E-state index is 13.1. The standard InChI is InChI=1S/C80H156O17P2/c1-8-9-10-11-12-13-14-15-16-17-18-19-20-21-26-29-35-40-49-56-63-79(84)96-75(67-90-77(82)61-54-47-39-34-28-25-23-22-24-27-32-37-44-51-58-71(2)3)69-94-98(86,87)92-65-74(81)66-93-99(88,89)95-70-76(68-91-78(83)62-55-48-43-42-46-53-60-73(6)7)97-80(85)64-57-50-41-36-31-30-33-38-45-52-59-72(4)5/h71-76,81H,8-70H2,1-7H3,(H,86,87)(H,88,89)/t74-,75-,76-/m1/s1. The molecule has 5 atom stereocenters. The zero-order chi connectivity index (χ0) is 73.0. The quantitative estimate of drug-likeness (QED) is 0.0222. The van der Waals surface area contributed by atoms with Crippen molar-refractivity contribution in [3.63, 3.8) is 0 Å². The molecule has 0 aliphatic heterocycles. The van der Waals surface area contributed by atoms with Crippen LogP contribution >= 0.6 is 15.6 Å². The maximum atomic E-state index is 13.1. The predicted octanol–water partition coefficient (Wildman–Crippen LogP) is 23.7. The Kier molecular flexibility index (Phi) is 69.0. The van der Waals surface area contributed by atoms with Gasteiger partial charge in [-0.1, -0.05) is 363 Å². The summed E-state index contributed by atoms with van der Waals surface area (Å²) >= 11 is 0. The second-order valence-corrected chi connectivity index (χ2v) is 33.1. The topological polar surface area (TPSA) is 237 Å². The van der Waals surface area contributed by atoms with Crippen LogP contribution in [0.4, 0.5) is 0 Å². The molecule has 0 aliphatic rings. The molecule has 0 aromatic carbocycles. The first-order chi connectivity index (χ1) is 47.7. The van der Waals surface area contributed by atoms with E-state index in [2.05, 4.69) is 48.5 Å². The molecular weight excluding hydrogens is 1290 g/mol. The van der Waals surface area contributed by atoms with E-state index in [0.29, 0.717) is 31.6 Å². The first kappa shape index (κ1) is 97.1. The molecule has 0 aromatic heterocycles. The average Bonchev–Trinajstić information content (AvgIpc) is 0.971. The van der Waals surface area contributed by atoms with Gasteiger partial charge in [0.1, 0.15) is 19.3 Å². The minimum absolute atomic E-state index is 0.105. The van der Waals surface area contributed by atoms with Gasteiger partial charge in [0.2, 0.25) is 0 Å². The zero-order valence-electron chi connectivity index (χ0n) is 65.0. The number of unbranched alkanes of at least 4 members (excludes halogenated alkanes) is 46. The second-order valence-electron chi connectivity index (χ2n) is 30.2. The first-order valence-corrected chi connectivity index (χ1v) is 44.3. The molecular formula is C80H156O17P2. The van der Waals surface area contributed by atoms with Crippen molar-refractivity contribution >= 4 is 39.5 Å². The number of phosphoric ester groups is 2. The molecule has 0 heterocycles. The highest BCUT2D eigenvalue weighted by molar-refractivity contribution is 7.47. The van der Waals surface area contributed by atoms with E-state index >= 15 is 0 Å². The van der Waals surface area contributed by atoms with Gasteiger partial charge >= 0.3 is 39.5 Å². The van der Waals surface area contributed by atoms with Crippen molar-refractivity contribution in [3.05, 3.63) is 0 Å². The van der Waals surface area contributed by atoms with Gasteiger partial charge in [0.05, 0.1) is 26.4 Å². The highest BCUT2D eigenvalue weighted by atomic mass is 31.2. The van der Waals surface area contributed by atoms with Gasteiger partial charge in [-0.05, 0) is 43.4 Å². The summed E-state index contributed by atoms with van der Waals surface area (Å²) in [4.78, 5) is 72.9. The lowest BCUT2D eigenvalue weighted by Crippen LogP contribution is -2.30. The number of hydrogen-bond donors (Lipinski definition) is 3. The molecule has 0 aliphatic carbocycles. The van der Waals surface area contributed by atoms with Gasteiger partial charge in [0, 0.05) is 25.7 Å². The molecule has 0 fully saturated rings. The third kappa shape index (κ3) is 74.1. The SMILES string of the molecule is CCCCCCCCCCCCCCCCCCCCCCC(=O)O[C@H](COC(=O)CCCCCCCCCCCCCCCCC(C)C)COP(=O)(O)OC[C@@H](O)COP(=O)(O)OC[C@@H](COC(=O)CCCCCCCCC(C)C)OC(=O)CCCCCCCCCCCCC(C)C. The molecule has 3 N–H and O–H groups in total. The fourth-order valence-corrected chi connectivity index (χ4v) is 13.9. The van der Waals surface area contributed by atoms with Crippen LogP contribution in [0.25, 0.3) is 0 Å². The number of aliphatic hydroxyl groups excluding tert-OH is 1. The first-order valence-electron chi connectivity index (χ1n) is 41.3. The molecule has 588 valence electrons. The second kappa shape index (κ2) is 70.4. The normalized spacial score (nSPS) is 14.0. The molecule has 0 aromatic rings. The summed E-state index contributed by atoms with van der Waals surface area (Å²) in [7, 11) is -9.92. The molecule has 17 nitrogen and oxygen atoms in total. The Balaban J connectivity index is 5.22. The Hall–Kier alpha value is -1.94. The monoisotopic (exact) mass is 1450 g/mol. The third-order valence-corrected chi connectivity index (χ3v) is 20.5. The van der Waals surface area contributed by atoms with Crippen LogP contribution < -0.4 is 0 Å². The highest BCUT2D eigenvalue weighted by Gasteiger charge is 2.30. The van der Waals surface area contributed by atoms with Crippen molar-refractivity contribution in [1.29, 1.82) is 0 Å². The van der Waals surface area contributed by atoms with Gasteiger partial charge in [-0.25, -0.2) is 9.13 Å². The van der Waals surface area contributed by atoms with Crippen LogP contribution in [-0.4, -0.2) is 96.7 Å². The minimum Gasteiger partial charge on any atom is -0.462 e. The number of rotatable bonds is 78. The molecule has 2 unspecified atom stereocenters. The van der Waals surface area contributed by atoms with Crippen molar-refractivity contribution in [2.75, 3.05) is 39.6 Å². The van der Waals surface area contributed by atoms with Crippen LogP contribution in [0.15, 0.2) is 0 Å². The van der Waals surface area contributed by atoms with Gasteiger partial charge < -0.3 is 33.8 Å². The number of phosphoric acid groups is 2. The smallest absolute Gasteiger partial charge is 0.462 e. The van der Waals surface area contributed by atoms with Crippen molar-refractivity contribution in [3.8, 4) is 0 Å². The molecule has 0 spiro atoms. The number of carbonyl (C=O) groups is 4. The lowest BCUT2D eigenvalue weighted by Gasteiger charge is -2.21. The molecule has 0 rings (SSSR count). The van der Waals surface area contributed by atoms with Gasteiger partial charge in [-0.3, -0.25) is 37.3 Å². The predicted molar refractivity (Wildman–Crippen MR) is 405 cm³/mol. The van der Waals surface area contributed by atoms with Gasteiger partial charge in [-0.2, -0.15) is 0 Å². The summed E-state index contributed by atoms with van der Waals surface area (Å²) in [6, 6.07) is 0. The summed E-state index contributed by atoms with van der Waals surface area (Å²) in [6.07, 6.45) is 58.5. The van der Waals surface area contributed by atoms with Crippen molar-refractivity contribution in [2.24, 2.45) is 17.8 Å².